The highest BCUT2D eigenvalue weighted by atomic mass is 32.1. The van der Waals surface area contributed by atoms with Gasteiger partial charge in [-0.15, -0.1) is 11.3 Å². The molecule has 2 aliphatic rings. The van der Waals surface area contributed by atoms with Crippen LogP contribution in [0.15, 0.2) is 47.8 Å². The van der Waals surface area contributed by atoms with Crippen LogP contribution in [0.3, 0.4) is 0 Å². The van der Waals surface area contributed by atoms with Gasteiger partial charge in [-0.25, -0.2) is 0 Å². The third-order valence-corrected chi connectivity index (χ3v) is 7.31. The summed E-state index contributed by atoms with van der Waals surface area (Å²) in [5.41, 5.74) is 0.720. The number of hydrogen-bond acceptors (Lipinski definition) is 5. The molecule has 1 N–H and O–H groups in total. The highest BCUT2D eigenvalue weighted by Gasteiger charge is 2.49. The van der Waals surface area contributed by atoms with E-state index in [0.29, 0.717) is 17.1 Å². The number of aromatic nitrogens is 2. The molecular formula is C24H26N4O3S. The van der Waals surface area contributed by atoms with Crippen molar-refractivity contribution in [2.45, 2.75) is 50.7 Å². The number of anilines is 1. The van der Waals surface area contributed by atoms with Gasteiger partial charge in [0, 0.05) is 17.8 Å². The van der Waals surface area contributed by atoms with Crippen LogP contribution in [0.25, 0.3) is 10.6 Å². The van der Waals surface area contributed by atoms with Crippen molar-refractivity contribution in [2.24, 2.45) is 0 Å². The first-order valence-corrected chi connectivity index (χ1v) is 11.8. The Bertz CT molecular complexity index is 1150. The van der Waals surface area contributed by atoms with Gasteiger partial charge in [0.1, 0.15) is 22.7 Å². The van der Waals surface area contributed by atoms with Crippen LogP contribution in [-0.4, -0.2) is 40.3 Å². The molecule has 166 valence electrons. The second-order valence-corrected chi connectivity index (χ2v) is 9.57. The molecule has 32 heavy (non-hydrogen) atoms. The normalized spacial score (nSPS) is 20.9. The van der Waals surface area contributed by atoms with Crippen LogP contribution in [0.4, 0.5) is 5.69 Å². The molecular weight excluding hydrogens is 424 g/mol. The van der Waals surface area contributed by atoms with E-state index in [0.717, 1.165) is 36.3 Å². The molecule has 1 atom stereocenters. The average molecular weight is 451 g/mol. The highest BCUT2D eigenvalue weighted by Crippen LogP contribution is 2.36. The van der Waals surface area contributed by atoms with Crippen molar-refractivity contribution < 1.29 is 14.3 Å². The van der Waals surface area contributed by atoms with E-state index < -0.39 is 5.54 Å². The van der Waals surface area contributed by atoms with Crippen LogP contribution < -0.4 is 15.0 Å². The number of fused-ring (bicyclic) bond motifs is 1. The van der Waals surface area contributed by atoms with E-state index in [1.54, 1.807) is 34.1 Å². The number of rotatable bonds is 5. The Hall–Kier alpha value is -3.13. The molecule has 1 saturated carbocycles. The predicted molar refractivity (Wildman–Crippen MR) is 124 cm³/mol. The van der Waals surface area contributed by atoms with Gasteiger partial charge in [0.25, 0.3) is 5.91 Å². The second kappa shape index (κ2) is 8.09. The molecule has 8 heteroatoms. The van der Waals surface area contributed by atoms with E-state index >= 15 is 0 Å². The summed E-state index contributed by atoms with van der Waals surface area (Å²) in [6.07, 6.45) is 4.19. The topological polar surface area (TPSA) is 76.5 Å². The lowest BCUT2D eigenvalue weighted by Crippen LogP contribution is -2.65. The molecule has 0 bridgehead atoms. The van der Waals surface area contributed by atoms with Crippen LogP contribution in [0, 0.1) is 0 Å². The maximum absolute atomic E-state index is 13.8. The number of hydrogen-bond donors (Lipinski definition) is 1. The van der Waals surface area contributed by atoms with E-state index in [1.807, 2.05) is 48.7 Å². The predicted octanol–water partition coefficient (Wildman–Crippen LogP) is 4.10. The van der Waals surface area contributed by atoms with E-state index in [-0.39, 0.29) is 24.4 Å². The van der Waals surface area contributed by atoms with Crippen LogP contribution >= 0.6 is 11.3 Å². The molecule has 1 aromatic carbocycles. The third kappa shape index (κ3) is 3.48. The van der Waals surface area contributed by atoms with Gasteiger partial charge in [-0.1, -0.05) is 25.0 Å². The molecule has 1 aliphatic carbocycles. The van der Waals surface area contributed by atoms with Gasteiger partial charge in [-0.2, -0.15) is 5.10 Å². The smallest absolute Gasteiger partial charge is 0.277 e. The lowest BCUT2D eigenvalue weighted by Gasteiger charge is -2.43. The zero-order valence-corrected chi connectivity index (χ0v) is 19.0. The molecule has 3 aromatic rings. The van der Waals surface area contributed by atoms with Gasteiger partial charge in [0.05, 0.1) is 18.5 Å². The summed E-state index contributed by atoms with van der Waals surface area (Å²) >= 11 is 1.57. The highest BCUT2D eigenvalue weighted by molar-refractivity contribution is 7.13. The Morgan fingerprint density at radius 1 is 1.22 bits per heavy atom. The zero-order chi connectivity index (χ0) is 22.3. The van der Waals surface area contributed by atoms with E-state index in [1.165, 1.54) is 0 Å². The van der Waals surface area contributed by atoms with Crippen molar-refractivity contribution in [3.63, 3.8) is 0 Å². The molecule has 3 heterocycles. The standard InChI is InChI=1S/C24H26N4O3S/c1-24(23(30)25-16-7-3-4-8-16)15-27-20(14-19(26-27)21-11-6-12-32-21)22(29)28(24)17-9-5-10-18(13-17)31-2/h5-6,9-14,16H,3-4,7-8,15H2,1-2H3,(H,25,30)/t24-/m0/s1. The van der Waals surface area contributed by atoms with E-state index in [2.05, 4.69) is 5.32 Å². The summed E-state index contributed by atoms with van der Waals surface area (Å²) in [6.45, 7) is 2.10. The minimum Gasteiger partial charge on any atom is -0.497 e. The molecule has 5 rings (SSSR count). The molecule has 7 nitrogen and oxygen atoms in total. The lowest BCUT2D eigenvalue weighted by atomic mass is 9.93. The molecule has 2 amide bonds. The minimum absolute atomic E-state index is 0.153. The van der Waals surface area contributed by atoms with Gasteiger partial charge >= 0.3 is 0 Å². The number of ether oxygens (including phenoxy) is 1. The summed E-state index contributed by atoms with van der Waals surface area (Å²) in [6, 6.07) is 13.2. The maximum atomic E-state index is 13.8. The van der Waals surface area contributed by atoms with Crippen LogP contribution in [-0.2, 0) is 11.3 Å². The van der Waals surface area contributed by atoms with Crippen molar-refractivity contribution in [1.82, 2.24) is 15.1 Å². The number of benzene rings is 1. The van der Waals surface area contributed by atoms with Crippen LogP contribution in [0.5, 0.6) is 5.75 Å². The average Bonchev–Trinajstić information content (AvgIpc) is 3.55. The molecule has 0 radical (unpaired) electrons. The fraction of sp³-hybridized carbons (Fsp3) is 0.375. The van der Waals surface area contributed by atoms with E-state index in [4.69, 9.17) is 9.84 Å². The summed E-state index contributed by atoms with van der Waals surface area (Å²) in [4.78, 5) is 30.0. The van der Waals surface area contributed by atoms with Crippen LogP contribution in [0.1, 0.15) is 43.1 Å². The maximum Gasteiger partial charge on any atom is 0.277 e. The quantitative estimate of drug-likeness (QED) is 0.635. The summed E-state index contributed by atoms with van der Waals surface area (Å²) in [5, 5.41) is 9.87. The van der Waals surface area contributed by atoms with Gasteiger partial charge in [-0.3, -0.25) is 19.2 Å². The van der Waals surface area contributed by atoms with Crippen molar-refractivity contribution in [3.8, 4) is 16.3 Å². The molecule has 1 fully saturated rings. The monoisotopic (exact) mass is 450 g/mol. The van der Waals surface area contributed by atoms with Gasteiger partial charge < -0.3 is 10.1 Å². The fourth-order valence-electron chi connectivity index (χ4n) is 4.69. The number of methoxy groups -OCH3 is 1. The minimum atomic E-state index is -1.13. The van der Waals surface area contributed by atoms with E-state index in [9.17, 15) is 9.59 Å². The first-order valence-electron chi connectivity index (χ1n) is 10.9. The van der Waals surface area contributed by atoms with Gasteiger partial charge in [0.15, 0.2) is 0 Å². The van der Waals surface area contributed by atoms with Crippen LogP contribution in [0.2, 0.25) is 0 Å². The Morgan fingerprint density at radius 3 is 2.75 bits per heavy atom. The molecule has 0 unspecified atom stereocenters. The largest absolute Gasteiger partial charge is 0.497 e. The fourth-order valence-corrected chi connectivity index (χ4v) is 5.37. The Morgan fingerprint density at radius 2 is 2.03 bits per heavy atom. The second-order valence-electron chi connectivity index (χ2n) is 8.62. The zero-order valence-electron chi connectivity index (χ0n) is 18.2. The van der Waals surface area contributed by atoms with Crippen molar-refractivity contribution in [3.05, 3.63) is 53.5 Å². The van der Waals surface area contributed by atoms with Crippen molar-refractivity contribution in [1.29, 1.82) is 0 Å². The first-order chi connectivity index (χ1) is 15.5. The lowest BCUT2D eigenvalue weighted by molar-refractivity contribution is -0.127. The molecule has 2 aromatic heterocycles. The number of nitrogens with zero attached hydrogens (tertiary/aromatic N) is 3. The summed E-state index contributed by atoms with van der Waals surface area (Å²) < 4.78 is 7.07. The SMILES string of the molecule is COc1cccc(N2C(=O)c3cc(-c4cccs4)nn3C[C@@]2(C)C(=O)NC2CCCC2)c1. The number of carbonyl (C=O) groups is 2. The number of thiophene rings is 1. The Balaban J connectivity index is 1.59. The third-order valence-electron chi connectivity index (χ3n) is 6.42. The van der Waals surface area contributed by atoms with Crippen molar-refractivity contribution >= 4 is 28.8 Å². The number of nitrogens with one attached hydrogen (secondary N) is 1. The Kier molecular flexibility index (Phi) is 5.25. The van der Waals surface area contributed by atoms with Gasteiger partial charge in [0.2, 0.25) is 5.91 Å². The summed E-state index contributed by atoms with van der Waals surface area (Å²) in [5.74, 6) is 0.232. The van der Waals surface area contributed by atoms with Gasteiger partial charge in [-0.05, 0) is 49.4 Å². The number of carbonyl (C=O) groups excluding carboxylic acids is 2. The molecule has 0 spiro atoms. The summed E-state index contributed by atoms with van der Waals surface area (Å²) in [7, 11) is 1.59. The first kappa shape index (κ1) is 20.8. The molecule has 0 saturated heterocycles. The molecule has 1 aliphatic heterocycles. The van der Waals surface area contributed by atoms with Crippen molar-refractivity contribution in [2.75, 3.05) is 12.0 Å². The number of amides is 2. The Labute approximate surface area is 191 Å².